The van der Waals surface area contributed by atoms with Crippen molar-refractivity contribution in [2.24, 2.45) is 11.3 Å². The second-order valence-corrected chi connectivity index (χ2v) is 3.50. The van der Waals surface area contributed by atoms with Crippen molar-refractivity contribution in [3.63, 3.8) is 0 Å². The van der Waals surface area contributed by atoms with Crippen LogP contribution in [0.3, 0.4) is 0 Å². The molecule has 0 aromatic heterocycles. The molecule has 1 saturated carbocycles. The van der Waals surface area contributed by atoms with Crippen molar-refractivity contribution < 1.29 is 4.79 Å². The predicted octanol–water partition coefficient (Wildman–Crippen LogP) is 1.84. The van der Waals surface area contributed by atoms with Gasteiger partial charge < -0.3 is 0 Å². The molecular weight excluding hydrogens is 136 g/mol. The normalized spacial score (nSPS) is 48.9. The molecule has 0 bridgehead atoms. The fraction of sp³-hybridized carbons (Fsp3) is 0.857. The Balaban J connectivity index is 2.71. The van der Waals surface area contributed by atoms with Gasteiger partial charge in [-0.3, -0.25) is 4.79 Å². The van der Waals surface area contributed by atoms with Gasteiger partial charge in [-0.2, -0.15) is 0 Å². The Hall–Kier alpha value is -0.0400. The minimum absolute atomic E-state index is 0.0787. The molecule has 0 radical (unpaired) electrons. The summed E-state index contributed by atoms with van der Waals surface area (Å²) in [5.41, 5.74) is -0.207. The van der Waals surface area contributed by atoms with Gasteiger partial charge >= 0.3 is 0 Å². The molecule has 1 fully saturated rings. The van der Waals surface area contributed by atoms with E-state index >= 15 is 0 Å². The molecular formula is C7H11ClO. The number of alkyl halides is 1. The maximum atomic E-state index is 10.9. The number of halogens is 1. The summed E-state index contributed by atoms with van der Waals surface area (Å²) in [4.78, 5) is 10.9. The molecule has 0 aliphatic heterocycles. The Morgan fingerprint density at radius 1 is 1.67 bits per heavy atom. The van der Waals surface area contributed by atoms with Crippen LogP contribution < -0.4 is 0 Å². The van der Waals surface area contributed by atoms with E-state index in [-0.39, 0.29) is 16.6 Å². The molecule has 0 unspecified atom stereocenters. The van der Waals surface area contributed by atoms with Crippen molar-refractivity contribution in [3.05, 3.63) is 0 Å². The molecule has 0 spiro atoms. The molecule has 3 atom stereocenters. The Morgan fingerprint density at radius 3 is 2.00 bits per heavy atom. The largest absolute Gasteiger partial charge is 0.299 e. The molecule has 0 aromatic rings. The second kappa shape index (κ2) is 1.72. The van der Waals surface area contributed by atoms with Crippen LogP contribution in [-0.4, -0.2) is 11.2 Å². The number of hydrogen-bond donors (Lipinski definition) is 0. The highest BCUT2D eigenvalue weighted by molar-refractivity contribution is 6.26. The van der Waals surface area contributed by atoms with Gasteiger partial charge in [0.25, 0.3) is 0 Å². The second-order valence-electron chi connectivity index (χ2n) is 3.03. The quantitative estimate of drug-likeness (QED) is 0.516. The first-order chi connectivity index (χ1) is 4.01. The zero-order valence-electron chi connectivity index (χ0n) is 5.94. The van der Waals surface area contributed by atoms with Gasteiger partial charge in [0.15, 0.2) is 0 Å². The van der Waals surface area contributed by atoms with Gasteiger partial charge in [0.2, 0.25) is 0 Å². The van der Waals surface area contributed by atoms with Crippen molar-refractivity contribution in [2.45, 2.75) is 26.1 Å². The number of carbonyl (C=O) groups is 1. The van der Waals surface area contributed by atoms with Crippen LogP contribution in [0, 0.1) is 11.3 Å². The molecule has 1 aliphatic carbocycles. The third kappa shape index (κ3) is 0.710. The van der Waals surface area contributed by atoms with E-state index in [4.69, 9.17) is 11.6 Å². The molecule has 2 heteroatoms. The average molecular weight is 147 g/mol. The van der Waals surface area contributed by atoms with Gasteiger partial charge in [0, 0.05) is 10.8 Å². The molecule has 52 valence electrons. The lowest BCUT2D eigenvalue weighted by molar-refractivity contribution is -0.121. The molecule has 9 heavy (non-hydrogen) atoms. The van der Waals surface area contributed by atoms with E-state index in [1.54, 1.807) is 6.92 Å². The third-order valence-electron chi connectivity index (χ3n) is 2.61. The third-order valence-corrected chi connectivity index (χ3v) is 3.44. The van der Waals surface area contributed by atoms with Gasteiger partial charge in [-0.05, 0) is 12.8 Å². The van der Waals surface area contributed by atoms with Crippen LogP contribution in [0.5, 0.6) is 0 Å². The highest BCUT2D eigenvalue weighted by Gasteiger charge is 2.60. The lowest BCUT2D eigenvalue weighted by Gasteiger charge is -2.00. The Labute approximate surface area is 60.4 Å². The lowest BCUT2D eigenvalue weighted by Crippen LogP contribution is -2.10. The summed E-state index contributed by atoms with van der Waals surface area (Å²) in [6.07, 6.45) is 0. The maximum Gasteiger partial charge on any atom is 0.137 e. The van der Waals surface area contributed by atoms with Crippen molar-refractivity contribution in [3.8, 4) is 0 Å². The smallest absolute Gasteiger partial charge is 0.137 e. The summed E-state index contributed by atoms with van der Waals surface area (Å²) < 4.78 is 0. The van der Waals surface area contributed by atoms with E-state index in [0.717, 1.165) is 0 Å². The summed E-state index contributed by atoms with van der Waals surface area (Å²) in [5, 5.41) is 0.0787. The molecule has 0 saturated heterocycles. The first kappa shape index (κ1) is 7.07. The summed E-state index contributed by atoms with van der Waals surface area (Å²) in [6, 6.07) is 0. The first-order valence-electron chi connectivity index (χ1n) is 3.16. The summed E-state index contributed by atoms with van der Waals surface area (Å²) >= 11 is 5.82. The van der Waals surface area contributed by atoms with E-state index in [9.17, 15) is 4.79 Å². The predicted molar refractivity (Wildman–Crippen MR) is 37.6 cm³/mol. The van der Waals surface area contributed by atoms with Crippen LogP contribution in [0.2, 0.25) is 0 Å². The standard InChI is InChI=1S/C7H11ClO/c1-4-6(8)7(4,3)5(2)9/h4,6H,1-3H3/t4-,6+,7-/m1/s1. The SMILES string of the molecule is CC(=O)[C@@]1(C)[C@H](C)[C@@H]1Cl. The zero-order valence-corrected chi connectivity index (χ0v) is 6.70. The van der Waals surface area contributed by atoms with Crippen LogP contribution >= 0.6 is 11.6 Å². The van der Waals surface area contributed by atoms with E-state index < -0.39 is 0 Å². The number of Topliss-reactive ketones (excluding diaryl/α,β-unsaturated/α-hetero) is 1. The van der Waals surface area contributed by atoms with E-state index in [1.165, 1.54) is 0 Å². The molecule has 0 amide bonds. The first-order valence-corrected chi connectivity index (χ1v) is 3.60. The van der Waals surface area contributed by atoms with E-state index in [0.29, 0.717) is 5.92 Å². The van der Waals surface area contributed by atoms with Gasteiger partial charge in [-0.15, -0.1) is 11.6 Å². The van der Waals surface area contributed by atoms with E-state index in [2.05, 4.69) is 0 Å². The van der Waals surface area contributed by atoms with Gasteiger partial charge in [0.05, 0.1) is 0 Å². The number of hydrogen-bond acceptors (Lipinski definition) is 1. The lowest BCUT2D eigenvalue weighted by atomic mass is 10.0. The maximum absolute atomic E-state index is 10.9. The van der Waals surface area contributed by atoms with Crippen LogP contribution in [0.15, 0.2) is 0 Å². The van der Waals surface area contributed by atoms with Crippen molar-refractivity contribution >= 4 is 17.4 Å². The van der Waals surface area contributed by atoms with Crippen LogP contribution in [-0.2, 0) is 4.79 Å². The summed E-state index contributed by atoms with van der Waals surface area (Å²) in [7, 11) is 0. The topological polar surface area (TPSA) is 17.1 Å². The van der Waals surface area contributed by atoms with Gasteiger partial charge in [0.1, 0.15) is 5.78 Å². The minimum Gasteiger partial charge on any atom is -0.299 e. The molecule has 0 aromatic carbocycles. The summed E-state index contributed by atoms with van der Waals surface area (Å²) in [5.74, 6) is 0.590. The Morgan fingerprint density at radius 2 is 2.00 bits per heavy atom. The van der Waals surface area contributed by atoms with Crippen molar-refractivity contribution in [1.29, 1.82) is 0 Å². The fourth-order valence-corrected chi connectivity index (χ4v) is 1.72. The highest BCUT2D eigenvalue weighted by atomic mass is 35.5. The average Bonchev–Trinajstić information content (AvgIpc) is 2.22. The number of carbonyl (C=O) groups excluding carboxylic acids is 1. The highest BCUT2D eigenvalue weighted by Crippen LogP contribution is 2.56. The molecule has 0 heterocycles. The van der Waals surface area contributed by atoms with Gasteiger partial charge in [-0.1, -0.05) is 13.8 Å². The van der Waals surface area contributed by atoms with Crippen LogP contribution in [0.1, 0.15) is 20.8 Å². The monoisotopic (exact) mass is 146 g/mol. The molecule has 1 nitrogen and oxygen atoms in total. The minimum atomic E-state index is -0.207. The molecule has 0 N–H and O–H groups in total. The Bertz CT molecular complexity index is 145. The van der Waals surface area contributed by atoms with Crippen molar-refractivity contribution in [2.75, 3.05) is 0 Å². The number of rotatable bonds is 1. The van der Waals surface area contributed by atoms with E-state index in [1.807, 2.05) is 13.8 Å². The Kier molecular flexibility index (Phi) is 1.35. The summed E-state index contributed by atoms with van der Waals surface area (Å²) in [6.45, 7) is 5.55. The van der Waals surface area contributed by atoms with Crippen molar-refractivity contribution in [1.82, 2.24) is 0 Å². The number of ketones is 1. The fourth-order valence-electron chi connectivity index (χ4n) is 1.18. The van der Waals surface area contributed by atoms with Gasteiger partial charge in [-0.25, -0.2) is 0 Å². The molecule has 1 aliphatic rings. The zero-order chi connectivity index (χ0) is 7.23. The van der Waals surface area contributed by atoms with Crippen LogP contribution in [0.4, 0.5) is 0 Å². The van der Waals surface area contributed by atoms with Crippen LogP contribution in [0.25, 0.3) is 0 Å². The molecule has 1 rings (SSSR count).